The Labute approximate surface area is 220 Å². The Morgan fingerprint density at radius 1 is 0.711 bits per heavy atom. The third-order valence-electron chi connectivity index (χ3n) is 7.14. The summed E-state index contributed by atoms with van der Waals surface area (Å²) in [5.41, 5.74) is 6.30. The molecule has 38 heavy (non-hydrogen) atoms. The van der Waals surface area contributed by atoms with Crippen LogP contribution in [0.5, 0.6) is 0 Å². The smallest absolute Gasteiger partial charge is 0.414 e. The van der Waals surface area contributed by atoms with Gasteiger partial charge in [0.15, 0.2) is 0 Å². The molecule has 186 valence electrons. The Kier molecular flexibility index (Phi) is 6.10. The molecule has 5 aromatic rings. The average molecular weight is 500 g/mol. The minimum atomic E-state index is -1.02. The van der Waals surface area contributed by atoms with Crippen molar-refractivity contribution in [2.24, 2.45) is 0 Å². The Bertz CT molecular complexity index is 1610. The summed E-state index contributed by atoms with van der Waals surface area (Å²) in [6.45, 7) is 0.488. The van der Waals surface area contributed by atoms with Gasteiger partial charge in [-0.3, -0.25) is 4.90 Å². The predicted octanol–water partition coefficient (Wildman–Crippen LogP) is 7.49. The van der Waals surface area contributed by atoms with Crippen LogP contribution in [0.1, 0.15) is 33.0 Å². The van der Waals surface area contributed by atoms with Crippen LogP contribution in [0.15, 0.2) is 115 Å². The average Bonchev–Trinajstić information content (AvgIpc) is 3.28. The zero-order chi connectivity index (χ0) is 26.1. The maximum absolute atomic E-state index is 13.6. The monoisotopic (exact) mass is 499 g/mol. The normalized spacial score (nSPS) is 12.1. The van der Waals surface area contributed by atoms with E-state index in [9.17, 15) is 14.7 Å². The highest BCUT2D eigenvalue weighted by molar-refractivity contribution is 5.91. The highest BCUT2D eigenvalue weighted by atomic mass is 16.6. The fraction of sp³-hybridized carbons (Fsp3) is 0.0909. The van der Waals surface area contributed by atoms with E-state index in [-0.39, 0.29) is 24.6 Å². The lowest BCUT2D eigenvalue weighted by Crippen LogP contribution is -2.32. The van der Waals surface area contributed by atoms with Gasteiger partial charge >= 0.3 is 12.1 Å². The van der Waals surface area contributed by atoms with Crippen molar-refractivity contribution in [2.45, 2.75) is 12.5 Å². The second-order valence-corrected chi connectivity index (χ2v) is 9.42. The van der Waals surface area contributed by atoms with Gasteiger partial charge in [0, 0.05) is 11.6 Å². The van der Waals surface area contributed by atoms with E-state index in [1.165, 1.54) is 23.3 Å². The van der Waals surface area contributed by atoms with E-state index in [1.807, 2.05) is 60.7 Å². The quantitative estimate of drug-likeness (QED) is 0.263. The van der Waals surface area contributed by atoms with Crippen molar-refractivity contribution in [1.82, 2.24) is 0 Å². The molecule has 5 heteroatoms. The largest absolute Gasteiger partial charge is 0.478 e. The van der Waals surface area contributed by atoms with Crippen molar-refractivity contribution in [3.05, 3.63) is 138 Å². The molecule has 0 aliphatic heterocycles. The molecular weight excluding hydrogens is 474 g/mol. The molecule has 0 bridgehead atoms. The molecule has 1 aliphatic carbocycles. The molecule has 1 N–H and O–H groups in total. The number of carbonyl (C=O) groups excluding carboxylic acids is 1. The summed E-state index contributed by atoms with van der Waals surface area (Å²) in [6.07, 6.45) is -0.483. The van der Waals surface area contributed by atoms with Gasteiger partial charge in [-0.05, 0) is 68.9 Å². The third kappa shape index (κ3) is 4.39. The zero-order valence-corrected chi connectivity index (χ0v) is 20.6. The van der Waals surface area contributed by atoms with Crippen LogP contribution in [0, 0.1) is 0 Å². The number of hydrogen-bond donors (Lipinski definition) is 1. The summed E-state index contributed by atoms with van der Waals surface area (Å²) in [6, 6.07) is 36.9. The minimum Gasteiger partial charge on any atom is -0.478 e. The van der Waals surface area contributed by atoms with E-state index in [0.717, 1.165) is 27.5 Å². The van der Waals surface area contributed by atoms with Crippen molar-refractivity contribution in [1.29, 1.82) is 0 Å². The van der Waals surface area contributed by atoms with E-state index in [1.54, 1.807) is 17.0 Å². The molecule has 1 amide bonds. The van der Waals surface area contributed by atoms with Crippen molar-refractivity contribution in [3.63, 3.8) is 0 Å². The molecule has 6 rings (SSSR count). The molecule has 0 aromatic heterocycles. The number of aromatic carboxylic acids is 1. The number of nitrogens with zero attached hydrogens (tertiary/aromatic N) is 1. The zero-order valence-electron chi connectivity index (χ0n) is 20.6. The Morgan fingerprint density at radius 3 is 1.97 bits per heavy atom. The highest BCUT2D eigenvalue weighted by Gasteiger charge is 2.30. The molecule has 0 spiro atoms. The number of rotatable bonds is 6. The number of carboxylic acids is 1. The van der Waals surface area contributed by atoms with Gasteiger partial charge < -0.3 is 9.84 Å². The summed E-state index contributed by atoms with van der Waals surface area (Å²) < 4.78 is 5.96. The lowest BCUT2D eigenvalue weighted by Gasteiger charge is -2.24. The van der Waals surface area contributed by atoms with Crippen molar-refractivity contribution in [2.75, 3.05) is 11.5 Å². The summed E-state index contributed by atoms with van der Waals surface area (Å²) in [5.74, 6) is -1.07. The molecule has 0 heterocycles. The first kappa shape index (κ1) is 23.5. The van der Waals surface area contributed by atoms with Crippen LogP contribution < -0.4 is 4.90 Å². The predicted molar refractivity (Wildman–Crippen MR) is 149 cm³/mol. The number of amides is 1. The lowest BCUT2D eigenvalue weighted by atomic mass is 9.98. The summed E-state index contributed by atoms with van der Waals surface area (Å²) in [7, 11) is 0. The number of fused-ring (bicyclic) bond motifs is 4. The van der Waals surface area contributed by atoms with Gasteiger partial charge in [0.05, 0.1) is 12.1 Å². The molecule has 0 unspecified atom stereocenters. The second-order valence-electron chi connectivity index (χ2n) is 9.42. The molecule has 0 saturated heterocycles. The molecule has 5 nitrogen and oxygen atoms in total. The fourth-order valence-corrected chi connectivity index (χ4v) is 5.24. The van der Waals surface area contributed by atoms with Gasteiger partial charge in [-0.1, -0.05) is 84.9 Å². The van der Waals surface area contributed by atoms with Crippen LogP contribution in [0.25, 0.3) is 21.9 Å². The number of carbonyl (C=O) groups is 2. The van der Waals surface area contributed by atoms with Crippen LogP contribution in [-0.2, 0) is 11.3 Å². The van der Waals surface area contributed by atoms with E-state index >= 15 is 0 Å². The van der Waals surface area contributed by atoms with E-state index in [2.05, 4.69) is 30.3 Å². The van der Waals surface area contributed by atoms with Gasteiger partial charge in [-0.2, -0.15) is 0 Å². The molecule has 0 atom stereocenters. The lowest BCUT2D eigenvalue weighted by molar-refractivity contribution is 0.0697. The molecule has 0 fully saturated rings. The molecule has 0 saturated carbocycles. The second kappa shape index (κ2) is 9.87. The third-order valence-corrected chi connectivity index (χ3v) is 7.14. The summed E-state index contributed by atoms with van der Waals surface area (Å²) in [5, 5.41) is 11.5. The molecular formula is C33H25NO4. The molecule has 5 aromatic carbocycles. The van der Waals surface area contributed by atoms with E-state index < -0.39 is 12.1 Å². The van der Waals surface area contributed by atoms with Crippen LogP contribution >= 0.6 is 0 Å². The first-order chi connectivity index (χ1) is 18.6. The van der Waals surface area contributed by atoms with Crippen LogP contribution in [0.2, 0.25) is 0 Å². The number of hydrogen-bond acceptors (Lipinski definition) is 3. The van der Waals surface area contributed by atoms with Crippen molar-refractivity contribution < 1.29 is 19.4 Å². The van der Waals surface area contributed by atoms with Crippen LogP contribution in [0.4, 0.5) is 10.5 Å². The Balaban J connectivity index is 1.29. The van der Waals surface area contributed by atoms with Gasteiger partial charge in [0.1, 0.15) is 6.61 Å². The van der Waals surface area contributed by atoms with Crippen LogP contribution in [-0.4, -0.2) is 23.8 Å². The van der Waals surface area contributed by atoms with Gasteiger partial charge in [0.2, 0.25) is 0 Å². The number of anilines is 1. The number of benzene rings is 5. The maximum Gasteiger partial charge on any atom is 0.414 e. The van der Waals surface area contributed by atoms with Crippen molar-refractivity contribution >= 4 is 28.5 Å². The van der Waals surface area contributed by atoms with Gasteiger partial charge in [-0.25, -0.2) is 9.59 Å². The molecule has 0 radical (unpaired) electrons. The van der Waals surface area contributed by atoms with Gasteiger partial charge in [-0.15, -0.1) is 0 Å². The molecule has 1 aliphatic rings. The minimum absolute atomic E-state index is 0.0525. The number of ether oxygens (including phenoxy) is 1. The Hall–Kier alpha value is -4.90. The first-order valence-electron chi connectivity index (χ1n) is 12.5. The highest BCUT2D eigenvalue weighted by Crippen LogP contribution is 2.44. The Morgan fingerprint density at radius 2 is 1.32 bits per heavy atom. The fourth-order valence-electron chi connectivity index (χ4n) is 5.24. The topological polar surface area (TPSA) is 66.8 Å². The first-order valence-corrected chi connectivity index (χ1v) is 12.5. The summed E-state index contributed by atoms with van der Waals surface area (Å²) >= 11 is 0. The number of carboxylic acid groups (broad SMARTS) is 1. The van der Waals surface area contributed by atoms with Gasteiger partial charge in [0.25, 0.3) is 0 Å². The standard InChI is InChI=1S/C33H25NO4/c35-32(36)24-15-17-26(18-16-24)34(20-22-13-14-23-7-1-2-8-25(23)19-22)33(37)38-21-31-29-11-5-3-9-27(29)28-10-4-6-12-30(28)31/h1-19,31H,20-21H2,(H,35,36). The van der Waals surface area contributed by atoms with E-state index in [4.69, 9.17) is 4.74 Å². The van der Waals surface area contributed by atoms with Crippen LogP contribution in [0.3, 0.4) is 0 Å². The van der Waals surface area contributed by atoms with Crippen molar-refractivity contribution in [3.8, 4) is 11.1 Å². The maximum atomic E-state index is 13.6. The SMILES string of the molecule is O=C(O)c1ccc(N(Cc2ccc3ccccc3c2)C(=O)OCC2c3ccccc3-c3ccccc32)cc1. The summed E-state index contributed by atoms with van der Waals surface area (Å²) in [4.78, 5) is 26.5. The van der Waals surface area contributed by atoms with E-state index in [0.29, 0.717) is 5.69 Å².